The molecule has 1 aromatic rings. The molecule has 1 aliphatic rings. The predicted molar refractivity (Wildman–Crippen MR) is 61.5 cm³/mol. The van der Waals surface area contributed by atoms with Crippen molar-refractivity contribution in [2.75, 3.05) is 19.8 Å². The monoisotopic (exact) mass is 222 g/mol. The van der Waals surface area contributed by atoms with Crippen LogP contribution in [0, 0.1) is 5.92 Å². The third-order valence-electron chi connectivity index (χ3n) is 2.87. The molecule has 2 atom stereocenters. The van der Waals surface area contributed by atoms with Gasteiger partial charge in [-0.15, -0.1) is 0 Å². The molecule has 2 rings (SSSR count). The van der Waals surface area contributed by atoms with Crippen LogP contribution in [0.25, 0.3) is 0 Å². The van der Waals surface area contributed by atoms with Crippen LogP contribution >= 0.6 is 0 Å². The Labute approximate surface area is 96.0 Å². The van der Waals surface area contributed by atoms with Gasteiger partial charge in [0.25, 0.3) is 0 Å². The second kappa shape index (κ2) is 5.32. The number of aliphatic hydroxyl groups is 1. The van der Waals surface area contributed by atoms with E-state index in [9.17, 15) is 5.11 Å². The third-order valence-corrected chi connectivity index (χ3v) is 2.87. The first-order chi connectivity index (χ1) is 7.77. The molecule has 1 aliphatic heterocycles. The van der Waals surface area contributed by atoms with Gasteiger partial charge in [0.15, 0.2) is 0 Å². The highest BCUT2D eigenvalue weighted by molar-refractivity contribution is 5.34. The van der Waals surface area contributed by atoms with E-state index in [0.29, 0.717) is 12.5 Å². The first-order valence-electron chi connectivity index (χ1n) is 5.75. The Kier molecular flexibility index (Phi) is 3.80. The highest BCUT2D eigenvalue weighted by Crippen LogP contribution is 2.25. The number of hydrogen-bond donors (Lipinski definition) is 1. The molecule has 1 N–H and O–H groups in total. The fourth-order valence-electron chi connectivity index (χ4n) is 1.88. The van der Waals surface area contributed by atoms with Crippen molar-refractivity contribution in [3.05, 3.63) is 29.8 Å². The van der Waals surface area contributed by atoms with Gasteiger partial charge in [-0.1, -0.05) is 18.2 Å². The van der Waals surface area contributed by atoms with Crippen LogP contribution in [0.4, 0.5) is 0 Å². The molecule has 88 valence electrons. The molecule has 2 unspecified atom stereocenters. The maximum atomic E-state index is 9.59. The average Bonchev–Trinajstić information content (AvgIpc) is 2.79. The fourth-order valence-corrected chi connectivity index (χ4v) is 1.88. The van der Waals surface area contributed by atoms with Gasteiger partial charge in [0, 0.05) is 18.1 Å². The summed E-state index contributed by atoms with van der Waals surface area (Å²) in [6, 6.07) is 7.63. The molecule has 16 heavy (non-hydrogen) atoms. The van der Waals surface area contributed by atoms with Gasteiger partial charge in [0.1, 0.15) is 5.75 Å². The molecule has 0 bridgehead atoms. The molecule has 1 fully saturated rings. The Morgan fingerprint density at radius 1 is 1.50 bits per heavy atom. The molecule has 3 heteroatoms. The second-order valence-corrected chi connectivity index (χ2v) is 4.25. The summed E-state index contributed by atoms with van der Waals surface area (Å²) in [5, 5.41) is 9.59. The third kappa shape index (κ3) is 2.74. The molecule has 1 aromatic carbocycles. The van der Waals surface area contributed by atoms with E-state index in [1.165, 1.54) is 0 Å². The lowest BCUT2D eigenvalue weighted by Gasteiger charge is -2.15. The zero-order valence-corrected chi connectivity index (χ0v) is 9.56. The summed E-state index contributed by atoms with van der Waals surface area (Å²) in [5.41, 5.74) is 0.849. The minimum atomic E-state index is -0.490. The van der Waals surface area contributed by atoms with Crippen LogP contribution in [0.5, 0.6) is 5.75 Å². The van der Waals surface area contributed by atoms with E-state index in [2.05, 4.69) is 0 Å². The van der Waals surface area contributed by atoms with Crippen LogP contribution in [0.2, 0.25) is 0 Å². The zero-order valence-electron chi connectivity index (χ0n) is 9.56. The number of ether oxygens (including phenoxy) is 2. The minimum absolute atomic E-state index is 0.488. The van der Waals surface area contributed by atoms with E-state index in [0.717, 1.165) is 30.9 Å². The van der Waals surface area contributed by atoms with Gasteiger partial charge < -0.3 is 14.6 Å². The predicted octanol–water partition coefficient (Wildman–Crippen LogP) is 2.16. The fraction of sp³-hybridized carbons (Fsp3) is 0.538. The molecule has 0 spiro atoms. The summed E-state index contributed by atoms with van der Waals surface area (Å²) in [6.45, 7) is 4.05. The summed E-state index contributed by atoms with van der Waals surface area (Å²) in [5.74, 6) is 1.27. The zero-order chi connectivity index (χ0) is 11.4. The first-order valence-corrected chi connectivity index (χ1v) is 5.75. The largest absolute Gasteiger partial charge is 0.493 e. The van der Waals surface area contributed by atoms with E-state index in [1.807, 2.05) is 24.3 Å². The van der Waals surface area contributed by atoms with Crippen molar-refractivity contribution in [2.24, 2.45) is 5.92 Å². The van der Waals surface area contributed by atoms with Crippen molar-refractivity contribution >= 4 is 0 Å². The van der Waals surface area contributed by atoms with Crippen molar-refractivity contribution in [3.8, 4) is 5.75 Å². The van der Waals surface area contributed by atoms with Gasteiger partial charge in [-0.3, -0.25) is 0 Å². The maximum absolute atomic E-state index is 9.59. The number of rotatable bonds is 4. The van der Waals surface area contributed by atoms with Crippen molar-refractivity contribution in [2.45, 2.75) is 19.4 Å². The lowest BCUT2D eigenvalue weighted by molar-refractivity contribution is 0.162. The van der Waals surface area contributed by atoms with E-state index < -0.39 is 6.10 Å². The molecule has 0 radical (unpaired) electrons. The quantitative estimate of drug-likeness (QED) is 0.848. The number of benzene rings is 1. The SMILES string of the molecule is CC(O)c1ccccc1OCC1CCOC1. The van der Waals surface area contributed by atoms with Crippen molar-refractivity contribution < 1.29 is 14.6 Å². The van der Waals surface area contributed by atoms with E-state index in [-0.39, 0.29) is 0 Å². The molecule has 0 amide bonds. The summed E-state index contributed by atoms with van der Waals surface area (Å²) in [6.07, 6.45) is 0.577. The second-order valence-electron chi connectivity index (χ2n) is 4.25. The lowest BCUT2D eigenvalue weighted by atomic mass is 10.1. The molecule has 3 nitrogen and oxygen atoms in total. The number of hydrogen-bond acceptors (Lipinski definition) is 3. The molecule has 0 saturated carbocycles. The van der Waals surface area contributed by atoms with Crippen LogP contribution in [0.15, 0.2) is 24.3 Å². The van der Waals surface area contributed by atoms with Gasteiger partial charge in [-0.25, -0.2) is 0 Å². The highest BCUT2D eigenvalue weighted by Gasteiger charge is 2.17. The molecule has 1 heterocycles. The summed E-state index contributed by atoms with van der Waals surface area (Å²) in [7, 11) is 0. The Morgan fingerprint density at radius 2 is 2.31 bits per heavy atom. The molecule has 0 aliphatic carbocycles. The van der Waals surface area contributed by atoms with Gasteiger partial charge in [0.05, 0.1) is 19.3 Å². The highest BCUT2D eigenvalue weighted by atomic mass is 16.5. The van der Waals surface area contributed by atoms with Crippen LogP contribution in [-0.4, -0.2) is 24.9 Å². The maximum Gasteiger partial charge on any atom is 0.125 e. The minimum Gasteiger partial charge on any atom is -0.493 e. The topological polar surface area (TPSA) is 38.7 Å². The number of para-hydroxylation sites is 1. The Hall–Kier alpha value is -1.06. The van der Waals surface area contributed by atoms with Gasteiger partial charge >= 0.3 is 0 Å². The van der Waals surface area contributed by atoms with E-state index >= 15 is 0 Å². The van der Waals surface area contributed by atoms with Crippen LogP contribution in [0.3, 0.4) is 0 Å². The molecular formula is C13H18O3. The van der Waals surface area contributed by atoms with Crippen LogP contribution < -0.4 is 4.74 Å². The van der Waals surface area contributed by atoms with Crippen molar-refractivity contribution in [3.63, 3.8) is 0 Å². The lowest BCUT2D eigenvalue weighted by Crippen LogP contribution is -2.12. The first kappa shape index (κ1) is 11.4. The number of aliphatic hydroxyl groups excluding tert-OH is 1. The molecule has 1 saturated heterocycles. The van der Waals surface area contributed by atoms with Gasteiger partial charge in [0.2, 0.25) is 0 Å². The normalized spacial score (nSPS) is 22.0. The van der Waals surface area contributed by atoms with Gasteiger partial charge in [-0.05, 0) is 19.4 Å². The van der Waals surface area contributed by atoms with Crippen LogP contribution in [-0.2, 0) is 4.74 Å². The Balaban J connectivity index is 1.97. The smallest absolute Gasteiger partial charge is 0.125 e. The van der Waals surface area contributed by atoms with Gasteiger partial charge in [-0.2, -0.15) is 0 Å². The molecular weight excluding hydrogens is 204 g/mol. The Bertz CT molecular complexity index is 330. The van der Waals surface area contributed by atoms with Crippen molar-refractivity contribution in [1.82, 2.24) is 0 Å². The van der Waals surface area contributed by atoms with E-state index in [4.69, 9.17) is 9.47 Å². The standard InChI is InChI=1S/C13H18O3/c1-10(14)12-4-2-3-5-13(12)16-9-11-6-7-15-8-11/h2-5,10-11,14H,6-9H2,1H3. The molecule has 0 aromatic heterocycles. The van der Waals surface area contributed by atoms with Crippen LogP contribution in [0.1, 0.15) is 25.0 Å². The summed E-state index contributed by atoms with van der Waals surface area (Å²) in [4.78, 5) is 0. The average molecular weight is 222 g/mol. The summed E-state index contributed by atoms with van der Waals surface area (Å²) >= 11 is 0. The summed E-state index contributed by atoms with van der Waals surface area (Å²) < 4.78 is 11.0. The van der Waals surface area contributed by atoms with E-state index in [1.54, 1.807) is 6.92 Å². The van der Waals surface area contributed by atoms with Crippen molar-refractivity contribution in [1.29, 1.82) is 0 Å². The Morgan fingerprint density at radius 3 is 3.00 bits per heavy atom.